The van der Waals surface area contributed by atoms with Gasteiger partial charge in [-0.05, 0) is 30.9 Å². The van der Waals surface area contributed by atoms with Crippen molar-refractivity contribution in [2.45, 2.75) is 18.9 Å². The Balaban J connectivity index is 1.89. The van der Waals surface area contributed by atoms with Crippen molar-refractivity contribution in [1.29, 1.82) is 0 Å². The van der Waals surface area contributed by atoms with Crippen LogP contribution >= 0.6 is 11.6 Å². The fraction of sp³-hybridized carbons (Fsp3) is 0.625. The van der Waals surface area contributed by atoms with Crippen molar-refractivity contribution in [1.82, 2.24) is 10.2 Å². The van der Waals surface area contributed by atoms with Gasteiger partial charge in [-0.3, -0.25) is 4.90 Å². The summed E-state index contributed by atoms with van der Waals surface area (Å²) < 4.78 is 19.9. The number of halogens is 2. The van der Waals surface area contributed by atoms with Gasteiger partial charge in [0.25, 0.3) is 0 Å². The minimum Gasteiger partial charge on any atom is -0.381 e. The number of nitrogens with one attached hydrogen (secondary N) is 1. The normalized spacial score (nSPS) is 23.1. The molecular formula is C16H22ClFN2O. The Hall–Kier alpha value is -0.680. The highest BCUT2D eigenvalue weighted by Crippen LogP contribution is 2.37. The fourth-order valence-electron chi connectivity index (χ4n) is 3.48. The first-order valence-electron chi connectivity index (χ1n) is 7.73. The maximum Gasteiger partial charge on any atom is 0.129 e. The van der Waals surface area contributed by atoms with Crippen LogP contribution < -0.4 is 5.32 Å². The van der Waals surface area contributed by atoms with Crippen molar-refractivity contribution in [3.8, 4) is 0 Å². The number of benzene rings is 1. The molecule has 1 aromatic carbocycles. The van der Waals surface area contributed by atoms with Crippen LogP contribution in [0.5, 0.6) is 0 Å². The van der Waals surface area contributed by atoms with Gasteiger partial charge in [0.05, 0.1) is 0 Å². The van der Waals surface area contributed by atoms with Crippen LogP contribution in [-0.2, 0) is 4.74 Å². The Morgan fingerprint density at radius 1 is 1.24 bits per heavy atom. The molecular weight excluding hydrogens is 291 g/mol. The van der Waals surface area contributed by atoms with Gasteiger partial charge in [-0.2, -0.15) is 0 Å². The van der Waals surface area contributed by atoms with Crippen LogP contribution in [0.1, 0.15) is 24.4 Å². The van der Waals surface area contributed by atoms with Gasteiger partial charge in [-0.15, -0.1) is 0 Å². The summed E-state index contributed by atoms with van der Waals surface area (Å²) in [5.41, 5.74) is 0.785. The van der Waals surface area contributed by atoms with Crippen molar-refractivity contribution in [3.05, 3.63) is 34.6 Å². The number of nitrogens with zero attached hydrogens (tertiary/aromatic N) is 1. The van der Waals surface area contributed by atoms with Crippen molar-refractivity contribution in [2.24, 2.45) is 5.92 Å². The molecule has 5 heteroatoms. The lowest BCUT2D eigenvalue weighted by molar-refractivity contribution is 0.0203. The largest absolute Gasteiger partial charge is 0.381 e. The molecule has 0 bridgehead atoms. The molecule has 2 aliphatic rings. The van der Waals surface area contributed by atoms with Gasteiger partial charge in [-0.25, -0.2) is 4.39 Å². The van der Waals surface area contributed by atoms with Crippen molar-refractivity contribution < 1.29 is 9.13 Å². The quantitative estimate of drug-likeness (QED) is 0.929. The predicted octanol–water partition coefficient (Wildman–Crippen LogP) is 2.85. The third kappa shape index (κ3) is 3.57. The first-order chi connectivity index (χ1) is 10.3. The molecule has 1 atom stereocenters. The highest BCUT2D eigenvalue weighted by Gasteiger charge is 2.32. The molecule has 21 heavy (non-hydrogen) atoms. The minimum atomic E-state index is -0.183. The second kappa shape index (κ2) is 7.05. The summed E-state index contributed by atoms with van der Waals surface area (Å²) in [6, 6.07) is 5.23. The van der Waals surface area contributed by atoms with E-state index in [1.54, 1.807) is 6.07 Å². The zero-order chi connectivity index (χ0) is 14.7. The molecule has 3 nitrogen and oxygen atoms in total. The van der Waals surface area contributed by atoms with E-state index >= 15 is 0 Å². The van der Waals surface area contributed by atoms with E-state index in [4.69, 9.17) is 16.3 Å². The Kier molecular flexibility index (Phi) is 5.11. The minimum absolute atomic E-state index is 0.133. The van der Waals surface area contributed by atoms with Crippen LogP contribution in [0.25, 0.3) is 0 Å². The van der Waals surface area contributed by atoms with Gasteiger partial charge in [-0.1, -0.05) is 17.7 Å². The Bertz CT molecular complexity index is 455. The number of hydrogen-bond acceptors (Lipinski definition) is 3. The van der Waals surface area contributed by atoms with E-state index < -0.39 is 0 Å². The molecule has 3 rings (SSSR count). The van der Waals surface area contributed by atoms with E-state index in [9.17, 15) is 4.39 Å². The van der Waals surface area contributed by atoms with Gasteiger partial charge in [0, 0.05) is 56.0 Å². The average Bonchev–Trinajstić information content (AvgIpc) is 2.52. The maximum atomic E-state index is 14.5. The highest BCUT2D eigenvalue weighted by atomic mass is 35.5. The molecule has 0 spiro atoms. The van der Waals surface area contributed by atoms with E-state index in [0.717, 1.165) is 57.8 Å². The van der Waals surface area contributed by atoms with Gasteiger partial charge >= 0.3 is 0 Å². The lowest BCUT2D eigenvalue weighted by atomic mass is 9.85. The van der Waals surface area contributed by atoms with E-state index in [1.165, 1.54) is 6.07 Å². The zero-order valence-electron chi connectivity index (χ0n) is 12.2. The van der Waals surface area contributed by atoms with Crippen LogP contribution in [0.15, 0.2) is 18.2 Å². The highest BCUT2D eigenvalue weighted by molar-refractivity contribution is 6.30. The predicted molar refractivity (Wildman–Crippen MR) is 82.1 cm³/mol. The molecule has 0 saturated carbocycles. The second-order valence-corrected chi connectivity index (χ2v) is 6.28. The topological polar surface area (TPSA) is 24.5 Å². The van der Waals surface area contributed by atoms with Gasteiger partial charge in [0.15, 0.2) is 0 Å². The van der Waals surface area contributed by atoms with Crippen LogP contribution in [0.3, 0.4) is 0 Å². The van der Waals surface area contributed by atoms with Gasteiger partial charge in [0.2, 0.25) is 0 Å². The number of piperazine rings is 1. The van der Waals surface area contributed by atoms with Crippen LogP contribution in [0, 0.1) is 11.7 Å². The van der Waals surface area contributed by atoms with E-state index in [2.05, 4.69) is 10.2 Å². The smallest absolute Gasteiger partial charge is 0.129 e. The first-order valence-corrected chi connectivity index (χ1v) is 8.11. The molecule has 0 aromatic heterocycles. The fourth-order valence-corrected chi connectivity index (χ4v) is 3.64. The molecule has 2 heterocycles. The second-order valence-electron chi connectivity index (χ2n) is 5.85. The van der Waals surface area contributed by atoms with E-state index in [0.29, 0.717) is 10.9 Å². The molecule has 0 amide bonds. The lowest BCUT2D eigenvalue weighted by Gasteiger charge is -2.41. The van der Waals surface area contributed by atoms with Crippen LogP contribution in [0.2, 0.25) is 5.02 Å². The average molecular weight is 313 g/mol. The standard InChI is InChI=1S/C16H22ClFN2O/c17-13-1-2-14(15(18)11-13)16(12-3-9-21-10-4-12)20-7-5-19-6-8-20/h1-2,11-12,16,19H,3-10H2/t16-/m0/s1. The Morgan fingerprint density at radius 3 is 2.62 bits per heavy atom. The third-order valence-corrected chi connectivity index (χ3v) is 4.77. The number of rotatable bonds is 3. The molecule has 1 aromatic rings. The maximum absolute atomic E-state index is 14.5. The van der Waals surface area contributed by atoms with Crippen molar-refractivity contribution in [3.63, 3.8) is 0 Å². The summed E-state index contributed by atoms with van der Waals surface area (Å²) in [6.07, 6.45) is 1.99. The monoisotopic (exact) mass is 312 g/mol. The summed E-state index contributed by atoms with van der Waals surface area (Å²) in [4.78, 5) is 2.42. The van der Waals surface area contributed by atoms with E-state index in [-0.39, 0.29) is 11.9 Å². The van der Waals surface area contributed by atoms with Gasteiger partial charge in [0.1, 0.15) is 5.82 Å². The van der Waals surface area contributed by atoms with Crippen LogP contribution in [0.4, 0.5) is 4.39 Å². The number of ether oxygens (including phenoxy) is 1. The van der Waals surface area contributed by atoms with Gasteiger partial charge < -0.3 is 10.1 Å². The molecule has 2 aliphatic heterocycles. The summed E-state index contributed by atoms with van der Waals surface area (Å²) in [5.74, 6) is 0.269. The summed E-state index contributed by atoms with van der Waals surface area (Å²) in [5, 5.41) is 3.83. The van der Waals surface area contributed by atoms with Crippen molar-refractivity contribution >= 4 is 11.6 Å². The molecule has 1 N–H and O–H groups in total. The SMILES string of the molecule is Fc1cc(Cl)ccc1[C@H](C1CCOCC1)N1CCNCC1. The molecule has 2 saturated heterocycles. The zero-order valence-corrected chi connectivity index (χ0v) is 12.9. The first kappa shape index (κ1) is 15.2. The Morgan fingerprint density at radius 2 is 1.95 bits per heavy atom. The Labute approximate surface area is 130 Å². The van der Waals surface area contributed by atoms with Crippen LogP contribution in [-0.4, -0.2) is 44.3 Å². The third-order valence-electron chi connectivity index (χ3n) is 4.54. The summed E-state index contributed by atoms with van der Waals surface area (Å²) in [6.45, 7) is 5.42. The molecule has 0 radical (unpaired) electrons. The summed E-state index contributed by atoms with van der Waals surface area (Å²) in [7, 11) is 0. The summed E-state index contributed by atoms with van der Waals surface area (Å²) >= 11 is 5.91. The molecule has 2 fully saturated rings. The molecule has 116 valence electrons. The molecule has 0 unspecified atom stereocenters. The lowest BCUT2D eigenvalue weighted by Crippen LogP contribution is -2.47. The van der Waals surface area contributed by atoms with E-state index in [1.807, 2.05) is 6.07 Å². The number of hydrogen-bond donors (Lipinski definition) is 1. The van der Waals surface area contributed by atoms with Crippen molar-refractivity contribution in [2.75, 3.05) is 39.4 Å². The molecule has 0 aliphatic carbocycles.